The molecule has 0 unspecified atom stereocenters. The molecule has 120 valence electrons. The first kappa shape index (κ1) is 16.5. The molecule has 0 atom stereocenters. The Bertz CT molecular complexity index is 688. The number of nitrogens with one attached hydrogen (secondary N) is 1. The molecule has 0 spiro atoms. The van der Waals surface area contributed by atoms with Gasteiger partial charge in [0, 0.05) is 11.8 Å². The lowest BCUT2D eigenvalue weighted by molar-refractivity contribution is -0.152. The number of ether oxygens (including phenoxy) is 2. The van der Waals surface area contributed by atoms with E-state index in [9.17, 15) is 14.0 Å². The first-order valence-corrected chi connectivity index (χ1v) is 7.04. The van der Waals surface area contributed by atoms with Gasteiger partial charge in [-0.1, -0.05) is 30.3 Å². The molecule has 2 rings (SSSR count). The summed E-state index contributed by atoms with van der Waals surface area (Å²) >= 11 is 0. The van der Waals surface area contributed by atoms with Gasteiger partial charge in [-0.3, -0.25) is 4.79 Å². The zero-order valence-electron chi connectivity index (χ0n) is 12.5. The molecule has 0 aromatic heterocycles. The molecule has 2 aromatic rings. The summed E-state index contributed by atoms with van der Waals surface area (Å²) in [7, 11) is 0. The van der Waals surface area contributed by atoms with Crippen molar-refractivity contribution in [1.29, 1.82) is 0 Å². The van der Waals surface area contributed by atoms with Crippen LogP contribution < -0.4 is 10.1 Å². The van der Waals surface area contributed by atoms with Gasteiger partial charge in [0.1, 0.15) is 6.61 Å². The minimum atomic E-state index is -1.02. The monoisotopic (exact) mass is 317 g/mol. The Morgan fingerprint density at radius 2 is 1.87 bits per heavy atom. The smallest absolute Gasteiger partial charge is 0.397 e. The zero-order valence-corrected chi connectivity index (χ0v) is 12.5. The highest BCUT2D eigenvalue weighted by Gasteiger charge is 2.15. The van der Waals surface area contributed by atoms with Crippen molar-refractivity contribution in [1.82, 2.24) is 0 Å². The Balaban J connectivity index is 1.97. The van der Waals surface area contributed by atoms with E-state index in [-0.39, 0.29) is 24.7 Å². The summed E-state index contributed by atoms with van der Waals surface area (Å²) in [5.41, 5.74) is 1.05. The Morgan fingerprint density at radius 1 is 1.13 bits per heavy atom. The van der Waals surface area contributed by atoms with Crippen LogP contribution in [0.4, 0.5) is 10.1 Å². The molecule has 23 heavy (non-hydrogen) atoms. The molecule has 6 heteroatoms. The summed E-state index contributed by atoms with van der Waals surface area (Å²) in [4.78, 5) is 22.7. The molecular weight excluding hydrogens is 301 g/mol. The zero-order chi connectivity index (χ0) is 16.7. The minimum absolute atomic E-state index is 0.0583. The van der Waals surface area contributed by atoms with Gasteiger partial charge in [0.25, 0.3) is 0 Å². The number of benzene rings is 2. The third-order valence-corrected chi connectivity index (χ3v) is 2.89. The van der Waals surface area contributed by atoms with Crippen molar-refractivity contribution < 1.29 is 23.5 Å². The van der Waals surface area contributed by atoms with Gasteiger partial charge in [-0.2, -0.15) is 0 Å². The third-order valence-electron chi connectivity index (χ3n) is 2.89. The number of esters is 1. The number of carbonyl (C=O) groups is 2. The van der Waals surface area contributed by atoms with Gasteiger partial charge in [-0.15, -0.1) is 0 Å². The first-order chi connectivity index (χ1) is 11.1. The molecule has 2 aromatic carbocycles. The van der Waals surface area contributed by atoms with Gasteiger partial charge in [0.15, 0.2) is 11.6 Å². The topological polar surface area (TPSA) is 64.6 Å². The summed E-state index contributed by atoms with van der Waals surface area (Å²) in [6.45, 7) is 1.91. The van der Waals surface area contributed by atoms with Gasteiger partial charge in [0.2, 0.25) is 0 Å². The second-order valence-corrected chi connectivity index (χ2v) is 4.59. The van der Waals surface area contributed by atoms with E-state index in [1.165, 1.54) is 12.1 Å². The Labute approximate surface area is 133 Å². The van der Waals surface area contributed by atoms with E-state index >= 15 is 0 Å². The Kier molecular flexibility index (Phi) is 5.68. The van der Waals surface area contributed by atoms with E-state index < -0.39 is 17.7 Å². The van der Waals surface area contributed by atoms with Crippen LogP contribution >= 0.6 is 0 Å². The molecule has 5 nitrogen and oxygen atoms in total. The van der Waals surface area contributed by atoms with Crippen molar-refractivity contribution in [2.45, 2.75) is 13.5 Å². The number of anilines is 1. The fourth-order valence-corrected chi connectivity index (χ4v) is 1.81. The number of hydrogen-bond donors (Lipinski definition) is 1. The van der Waals surface area contributed by atoms with Gasteiger partial charge >= 0.3 is 11.9 Å². The molecule has 0 bridgehead atoms. The van der Waals surface area contributed by atoms with Crippen LogP contribution in [0.5, 0.6) is 5.75 Å². The van der Waals surface area contributed by atoms with E-state index in [1.807, 2.05) is 30.3 Å². The number of hydrogen-bond acceptors (Lipinski definition) is 4. The lowest BCUT2D eigenvalue weighted by Gasteiger charge is -2.09. The van der Waals surface area contributed by atoms with Crippen LogP contribution in [0.2, 0.25) is 0 Å². The van der Waals surface area contributed by atoms with Crippen molar-refractivity contribution in [3.8, 4) is 5.75 Å². The van der Waals surface area contributed by atoms with Crippen molar-refractivity contribution >= 4 is 17.6 Å². The van der Waals surface area contributed by atoms with Crippen LogP contribution in [0.25, 0.3) is 0 Å². The minimum Gasteiger partial charge on any atom is -0.486 e. The average molecular weight is 317 g/mol. The van der Waals surface area contributed by atoms with E-state index in [0.29, 0.717) is 0 Å². The predicted molar refractivity (Wildman–Crippen MR) is 82.4 cm³/mol. The van der Waals surface area contributed by atoms with Crippen LogP contribution in [-0.2, 0) is 20.9 Å². The molecular formula is C17H16FNO4. The Morgan fingerprint density at radius 3 is 2.52 bits per heavy atom. The number of carbonyl (C=O) groups excluding carboxylic acids is 2. The number of halogens is 1. The molecule has 0 heterocycles. The maximum atomic E-state index is 14.0. The maximum Gasteiger partial charge on any atom is 0.397 e. The largest absolute Gasteiger partial charge is 0.486 e. The summed E-state index contributed by atoms with van der Waals surface area (Å²) in [5.74, 6) is -2.55. The molecule has 0 saturated carbocycles. The van der Waals surface area contributed by atoms with Crippen molar-refractivity contribution in [2.24, 2.45) is 0 Å². The van der Waals surface area contributed by atoms with E-state index in [1.54, 1.807) is 6.92 Å². The van der Waals surface area contributed by atoms with Crippen LogP contribution in [0, 0.1) is 5.82 Å². The van der Waals surface area contributed by atoms with Crippen molar-refractivity contribution in [3.05, 3.63) is 59.9 Å². The predicted octanol–water partition coefficient (Wildman–Crippen LogP) is 2.91. The normalized spacial score (nSPS) is 10.0. The number of amides is 1. The van der Waals surface area contributed by atoms with Crippen molar-refractivity contribution in [3.63, 3.8) is 0 Å². The van der Waals surface area contributed by atoms with Gasteiger partial charge in [0.05, 0.1) is 6.61 Å². The highest BCUT2D eigenvalue weighted by molar-refractivity contribution is 6.37. The highest BCUT2D eigenvalue weighted by Crippen LogP contribution is 2.22. The fraction of sp³-hybridized carbons (Fsp3) is 0.176. The van der Waals surface area contributed by atoms with Gasteiger partial charge in [-0.05, 0) is 24.6 Å². The van der Waals surface area contributed by atoms with Gasteiger partial charge < -0.3 is 14.8 Å². The van der Waals surface area contributed by atoms with Gasteiger partial charge in [-0.25, -0.2) is 9.18 Å². The summed E-state index contributed by atoms with van der Waals surface area (Å²) in [6, 6.07) is 13.3. The summed E-state index contributed by atoms with van der Waals surface area (Å²) in [6.07, 6.45) is 0. The lowest BCUT2D eigenvalue weighted by atomic mass is 10.2. The van der Waals surface area contributed by atoms with E-state index in [0.717, 1.165) is 11.6 Å². The molecule has 1 N–H and O–H groups in total. The lowest BCUT2D eigenvalue weighted by Crippen LogP contribution is -2.25. The molecule has 0 aliphatic rings. The van der Waals surface area contributed by atoms with Crippen LogP contribution in [-0.4, -0.2) is 18.5 Å². The molecule has 0 aliphatic carbocycles. The van der Waals surface area contributed by atoms with Crippen molar-refractivity contribution in [2.75, 3.05) is 11.9 Å². The molecule has 0 radical (unpaired) electrons. The SMILES string of the molecule is CCOC(=O)C(=O)Nc1ccc(OCc2ccccc2)c(F)c1. The summed E-state index contributed by atoms with van der Waals surface area (Å²) < 4.78 is 23.9. The fourth-order valence-electron chi connectivity index (χ4n) is 1.81. The molecule has 0 aliphatic heterocycles. The van der Waals surface area contributed by atoms with E-state index in [4.69, 9.17) is 4.74 Å². The quantitative estimate of drug-likeness (QED) is 0.680. The Hall–Kier alpha value is -2.89. The molecule has 1 amide bonds. The standard InChI is InChI=1S/C17H16FNO4/c1-2-22-17(21)16(20)19-13-8-9-15(14(18)10-13)23-11-12-6-4-3-5-7-12/h3-10H,2,11H2,1H3,(H,19,20). The summed E-state index contributed by atoms with van der Waals surface area (Å²) in [5, 5.41) is 2.26. The maximum absolute atomic E-state index is 14.0. The second-order valence-electron chi connectivity index (χ2n) is 4.59. The first-order valence-electron chi connectivity index (χ1n) is 7.04. The number of rotatable bonds is 5. The van der Waals surface area contributed by atoms with E-state index in [2.05, 4.69) is 10.1 Å². The van der Waals surface area contributed by atoms with Crippen LogP contribution in [0.15, 0.2) is 48.5 Å². The molecule has 0 saturated heterocycles. The highest BCUT2D eigenvalue weighted by atomic mass is 19.1. The van der Waals surface area contributed by atoms with Crippen LogP contribution in [0.1, 0.15) is 12.5 Å². The molecule has 0 fully saturated rings. The third kappa shape index (κ3) is 4.81. The van der Waals surface area contributed by atoms with Crippen LogP contribution in [0.3, 0.4) is 0 Å². The second kappa shape index (κ2) is 7.93. The average Bonchev–Trinajstić information content (AvgIpc) is 2.55.